The molecule has 2 rings (SSSR count). The highest BCUT2D eigenvalue weighted by atomic mass is 16.5. The molecule has 3 N–H and O–H groups in total. The highest BCUT2D eigenvalue weighted by Crippen LogP contribution is 2.22. The standard InChI is InChI=1S/C27H43N3O3/c1-2-3-4-5-6-7-8-9-10-11-12-13-14-15-16-24(25-19-20-28-22-29-25)27(32)30-26-18-17-23(21-31)33-26/h3-4,6-7,9-10,19-20,23-24,26,29,31H,2,5,8,11-18,21-22H2,1H3,(H,30,32)/b4-3-,7-6-,10-9-/t23-,24?,26-/m0/s1. The molecule has 2 heterocycles. The summed E-state index contributed by atoms with van der Waals surface area (Å²) >= 11 is 0. The number of amides is 1. The van der Waals surface area contributed by atoms with E-state index < -0.39 is 0 Å². The number of allylic oxidation sites excluding steroid dienone is 7. The fourth-order valence-corrected chi connectivity index (χ4v) is 4.04. The Labute approximate surface area is 200 Å². The van der Waals surface area contributed by atoms with Gasteiger partial charge in [0.05, 0.1) is 18.6 Å². The number of ether oxygens (including phenoxy) is 1. The van der Waals surface area contributed by atoms with Gasteiger partial charge in [-0.15, -0.1) is 0 Å². The summed E-state index contributed by atoms with van der Waals surface area (Å²) < 4.78 is 5.68. The average molecular weight is 458 g/mol. The van der Waals surface area contributed by atoms with E-state index in [9.17, 15) is 9.90 Å². The van der Waals surface area contributed by atoms with Crippen molar-refractivity contribution in [1.29, 1.82) is 0 Å². The summed E-state index contributed by atoms with van der Waals surface area (Å²) in [5.74, 6) is -0.221. The van der Waals surface area contributed by atoms with E-state index in [1.54, 1.807) is 6.21 Å². The van der Waals surface area contributed by atoms with Crippen molar-refractivity contribution in [3.63, 3.8) is 0 Å². The van der Waals surface area contributed by atoms with Crippen molar-refractivity contribution in [2.24, 2.45) is 10.9 Å². The molecule has 0 spiro atoms. The summed E-state index contributed by atoms with van der Waals surface area (Å²) in [4.78, 5) is 17.1. The van der Waals surface area contributed by atoms with Crippen LogP contribution >= 0.6 is 0 Å². The Morgan fingerprint density at radius 1 is 1.15 bits per heavy atom. The quantitative estimate of drug-likeness (QED) is 0.227. The third kappa shape index (κ3) is 11.5. The first-order valence-electron chi connectivity index (χ1n) is 12.7. The van der Waals surface area contributed by atoms with Crippen LogP contribution in [0.1, 0.15) is 77.6 Å². The average Bonchev–Trinajstić information content (AvgIpc) is 3.29. The molecule has 0 radical (unpaired) electrons. The number of carbonyl (C=O) groups is 1. The molecule has 0 aromatic carbocycles. The molecular formula is C27H43N3O3. The number of carbonyl (C=O) groups excluding carboxylic acids is 1. The second kappa shape index (κ2) is 17.3. The molecule has 1 saturated heterocycles. The smallest absolute Gasteiger partial charge is 0.231 e. The van der Waals surface area contributed by atoms with E-state index >= 15 is 0 Å². The maximum absolute atomic E-state index is 13.0. The molecule has 1 amide bonds. The zero-order chi connectivity index (χ0) is 23.6. The van der Waals surface area contributed by atoms with Gasteiger partial charge >= 0.3 is 0 Å². The predicted octanol–water partition coefficient (Wildman–Crippen LogP) is 4.93. The number of unbranched alkanes of at least 4 members (excludes halogenated alkanes) is 4. The molecule has 0 aromatic rings. The van der Waals surface area contributed by atoms with Gasteiger partial charge in [0.1, 0.15) is 12.9 Å². The highest BCUT2D eigenvalue weighted by Gasteiger charge is 2.30. The van der Waals surface area contributed by atoms with E-state index in [2.05, 4.69) is 59.0 Å². The van der Waals surface area contributed by atoms with Gasteiger partial charge in [0.25, 0.3) is 0 Å². The molecule has 1 fully saturated rings. The van der Waals surface area contributed by atoms with Crippen LogP contribution in [0.4, 0.5) is 0 Å². The van der Waals surface area contributed by atoms with Gasteiger partial charge < -0.3 is 20.5 Å². The van der Waals surface area contributed by atoms with Crippen LogP contribution in [0.5, 0.6) is 0 Å². The monoisotopic (exact) mass is 457 g/mol. The van der Waals surface area contributed by atoms with Crippen LogP contribution in [0.2, 0.25) is 0 Å². The lowest BCUT2D eigenvalue weighted by atomic mass is 9.95. The molecule has 0 aromatic heterocycles. The topological polar surface area (TPSA) is 83.0 Å². The molecule has 184 valence electrons. The Hall–Kier alpha value is -2.18. The second-order valence-electron chi connectivity index (χ2n) is 8.64. The number of hydrogen-bond donors (Lipinski definition) is 3. The summed E-state index contributed by atoms with van der Waals surface area (Å²) in [6.45, 7) is 2.67. The number of nitrogens with zero attached hydrogens (tertiary/aromatic N) is 1. The zero-order valence-electron chi connectivity index (χ0n) is 20.3. The molecule has 6 nitrogen and oxygen atoms in total. The third-order valence-corrected chi connectivity index (χ3v) is 5.93. The van der Waals surface area contributed by atoms with Gasteiger partial charge in [-0.2, -0.15) is 0 Å². The second-order valence-corrected chi connectivity index (χ2v) is 8.64. The van der Waals surface area contributed by atoms with E-state index in [1.807, 2.05) is 6.08 Å². The molecule has 0 aliphatic carbocycles. The lowest BCUT2D eigenvalue weighted by molar-refractivity contribution is -0.128. The summed E-state index contributed by atoms with van der Waals surface area (Å²) in [5, 5.41) is 15.5. The summed E-state index contributed by atoms with van der Waals surface area (Å²) in [6, 6.07) is 0. The Kier molecular flexibility index (Phi) is 14.2. The summed E-state index contributed by atoms with van der Waals surface area (Å²) in [5.41, 5.74) is 0.931. The minimum absolute atomic E-state index is 0.00149. The minimum Gasteiger partial charge on any atom is -0.394 e. The maximum Gasteiger partial charge on any atom is 0.231 e. The molecule has 6 heteroatoms. The lowest BCUT2D eigenvalue weighted by Crippen LogP contribution is -2.42. The fourth-order valence-electron chi connectivity index (χ4n) is 4.04. The number of nitrogens with one attached hydrogen (secondary N) is 2. The first-order valence-corrected chi connectivity index (χ1v) is 12.7. The molecule has 1 unspecified atom stereocenters. The van der Waals surface area contributed by atoms with Crippen LogP contribution in [-0.4, -0.2) is 42.8 Å². The summed E-state index contributed by atoms with van der Waals surface area (Å²) in [7, 11) is 0. The maximum atomic E-state index is 13.0. The van der Waals surface area contributed by atoms with Crippen molar-refractivity contribution in [1.82, 2.24) is 10.6 Å². The van der Waals surface area contributed by atoms with Crippen molar-refractivity contribution >= 4 is 12.1 Å². The molecule has 3 atom stereocenters. The van der Waals surface area contributed by atoms with E-state index in [4.69, 9.17) is 4.74 Å². The fraction of sp³-hybridized carbons (Fsp3) is 0.630. The van der Waals surface area contributed by atoms with Crippen LogP contribution in [0, 0.1) is 5.92 Å². The van der Waals surface area contributed by atoms with Crippen molar-refractivity contribution in [3.05, 3.63) is 48.2 Å². The van der Waals surface area contributed by atoms with Crippen LogP contribution in [0.3, 0.4) is 0 Å². The van der Waals surface area contributed by atoms with Crippen LogP contribution in [-0.2, 0) is 9.53 Å². The van der Waals surface area contributed by atoms with Gasteiger partial charge in [-0.3, -0.25) is 9.79 Å². The molecule has 2 aliphatic rings. The summed E-state index contributed by atoms with van der Waals surface area (Å²) in [6.07, 6.45) is 27.6. The van der Waals surface area contributed by atoms with Crippen molar-refractivity contribution in [2.45, 2.75) is 89.9 Å². The van der Waals surface area contributed by atoms with Gasteiger partial charge in [-0.25, -0.2) is 0 Å². The highest BCUT2D eigenvalue weighted by molar-refractivity contribution is 5.84. The van der Waals surface area contributed by atoms with Gasteiger partial charge in [0.15, 0.2) is 0 Å². The number of rotatable bonds is 16. The molecule has 0 saturated carbocycles. The van der Waals surface area contributed by atoms with Crippen LogP contribution in [0.15, 0.2) is 53.2 Å². The van der Waals surface area contributed by atoms with Crippen LogP contribution < -0.4 is 10.6 Å². The van der Waals surface area contributed by atoms with E-state index in [0.717, 1.165) is 63.5 Å². The Morgan fingerprint density at radius 2 is 1.91 bits per heavy atom. The number of aliphatic imine (C=N–C) groups is 1. The van der Waals surface area contributed by atoms with Gasteiger partial charge in [0, 0.05) is 11.9 Å². The van der Waals surface area contributed by atoms with Gasteiger partial charge in [-0.05, 0) is 57.4 Å². The van der Waals surface area contributed by atoms with Crippen molar-refractivity contribution in [2.75, 3.05) is 13.3 Å². The number of aliphatic hydroxyl groups excluding tert-OH is 1. The Morgan fingerprint density at radius 3 is 2.61 bits per heavy atom. The van der Waals surface area contributed by atoms with E-state index in [0.29, 0.717) is 6.67 Å². The first kappa shape index (κ1) is 27.1. The van der Waals surface area contributed by atoms with Crippen molar-refractivity contribution in [3.8, 4) is 0 Å². The third-order valence-electron chi connectivity index (χ3n) is 5.93. The molecule has 33 heavy (non-hydrogen) atoms. The Bertz CT molecular complexity index is 697. The molecule has 2 aliphatic heterocycles. The van der Waals surface area contributed by atoms with Gasteiger partial charge in [-0.1, -0.05) is 62.6 Å². The largest absolute Gasteiger partial charge is 0.394 e. The van der Waals surface area contributed by atoms with Crippen molar-refractivity contribution < 1.29 is 14.6 Å². The zero-order valence-corrected chi connectivity index (χ0v) is 20.3. The first-order chi connectivity index (χ1) is 16.2. The predicted molar refractivity (Wildman–Crippen MR) is 136 cm³/mol. The van der Waals surface area contributed by atoms with Crippen LogP contribution in [0.25, 0.3) is 0 Å². The minimum atomic E-state index is -0.301. The van der Waals surface area contributed by atoms with E-state index in [-0.39, 0.29) is 30.8 Å². The lowest BCUT2D eigenvalue weighted by Gasteiger charge is -2.24. The normalized spacial score (nSPS) is 21.7. The SMILES string of the molecule is CC/C=C\C/C=C\C/C=C\CCCCCCC(C(=O)N[C@@H]1CC[C@@H](CO)O1)C1=CC=NCN1. The van der Waals surface area contributed by atoms with E-state index in [1.165, 1.54) is 12.8 Å². The molecule has 0 bridgehead atoms. The Balaban J connectivity index is 1.64. The number of aliphatic hydroxyl groups is 1. The number of hydrogen-bond acceptors (Lipinski definition) is 5. The molecular weight excluding hydrogens is 414 g/mol. The van der Waals surface area contributed by atoms with Gasteiger partial charge in [0.2, 0.25) is 5.91 Å².